The lowest BCUT2D eigenvalue weighted by atomic mass is 10.1. The Morgan fingerprint density at radius 1 is 1.00 bits per heavy atom. The fraction of sp³-hybridized carbons (Fsp3) is 0.125. The third-order valence-electron chi connectivity index (χ3n) is 3.48. The number of aliphatic hydroxyl groups excluding tert-OH is 1. The predicted octanol–water partition coefficient (Wildman–Crippen LogP) is 2.56. The smallest absolute Gasteiger partial charge is 0.299 e. The maximum absolute atomic E-state index is 12.1. The van der Waals surface area contributed by atoms with Gasteiger partial charge in [-0.2, -0.15) is 0 Å². The molecule has 4 nitrogen and oxygen atoms in total. The Morgan fingerprint density at radius 3 is 2.33 bits per heavy atom. The molecule has 21 heavy (non-hydrogen) atoms. The van der Waals surface area contributed by atoms with Crippen molar-refractivity contribution >= 4 is 29.0 Å². The quantitative estimate of drug-likeness (QED) is 0.887. The van der Waals surface area contributed by atoms with Crippen LogP contribution in [-0.2, 0) is 17.9 Å². The minimum atomic E-state index is -0.543. The first-order valence-electron chi connectivity index (χ1n) is 6.44. The van der Waals surface area contributed by atoms with Crippen molar-refractivity contribution in [1.29, 1.82) is 0 Å². The van der Waals surface area contributed by atoms with Crippen LogP contribution in [0.25, 0.3) is 0 Å². The zero-order chi connectivity index (χ0) is 15.0. The van der Waals surface area contributed by atoms with E-state index in [1.54, 1.807) is 24.3 Å². The SMILES string of the molecule is O=C1C(=O)N(Cc2ccc(CO)cc2)c2ccc(Cl)cc21. The highest BCUT2D eigenvalue weighted by Gasteiger charge is 2.35. The Kier molecular flexibility index (Phi) is 3.49. The highest BCUT2D eigenvalue weighted by Crippen LogP contribution is 2.32. The number of hydrogen-bond acceptors (Lipinski definition) is 3. The Bertz CT molecular complexity index is 725. The van der Waals surface area contributed by atoms with Gasteiger partial charge in [-0.25, -0.2) is 0 Å². The number of carbonyl (C=O) groups is 2. The third-order valence-corrected chi connectivity index (χ3v) is 3.71. The first-order chi connectivity index (χ1) is 10.1. The number of Topliss-reactive ketones (excluding diaryl/α,β-unsaturated/α-hetero) is 1. The maximum Gasteiger partial charge on any atom is 0.299 e. The molecule has 1 heterocycles. The van der Waals surface area contributed by atoms with Gasteiger partial charge < -0.3 is 10.0 Å². The molecule has 0 radical (unpaired) electrons. The van der Waals surface area contributed by atoms with Crippen molar-refractivity contribution in [2.75, 3.05) is 4.90 Å². The molecule has 5 heteroatoms. The zero-order valence-electron chi connectivity index (χ0n) is 11.0. The number of ketones is 1. The number of hydrogen-bond donors (Lipinski definition) is 1. The lowest BCUT2D eigenvalue weighted by molar-refractivity contribution is -0.114. The summed E-state index contributed by atoms with van der Waals surface area (Å²) < 4.78 is 0. The molecule has 0 atom stereocenters. The molecule has 1 N–H and O–H groups in total. The summed E-state index contributed by atoms with van der Waals surface area (Å²) in [5, 5.41) is 9.46. The zero-order valence-corrected chi connectivity index (χ0v) is 11.8. The van der Waals surface area contributed by atoms with Gasteiger partial charge in [0.1, 0.15) is 0 Å². The third kappa shape index (κ3) is 2.44. The average Bonchev–Trinajstić information content (AvgIpc) is 2.73. The van der Waals surface area contributed by atoms with E-state index in [4.69, 9.17) is 16.7 Å². The van der Waals surface area contributed by atoms with Crippen molar-refractivity contribution < 1.29 is 14.7 Å². The Morgan fingerprint density at radius 2 is 1.67 bits per heavy atom. The second-order valence-corrected chi connectivity index (χ2v) is 5.29. The van der Waals surface area contributed by atoms with Gasteiger partial charge in [0.25, 0.3) is 11.7 Å². The van der Waals surface area contributed by atoms with Crippen LogP contribution in [0, 0.1) is 0 Å². The van der Waals surface area contributed by atoms with E-state index in [1.807, 2.05) is 12.1 Å². The standard InChI is InChI=1S/C16H12ClNO3/c17-12-5-6-14-13(7-12)15(20)16(21)18(14)8-10-1-3-11(9-19)4-2-10/h1-7,19H,8-9H2. The summed E-state index contributed by atoms with van der Waals surface area (Å²) in [4.78, 5) is 25.5. The maximum atomic E-state index is 12.1. The average molecular weight is 302 g/mol. The van der Waals surface area contributed by atoms with Crippen molar-refractivity contribution in [3.05, 3.63) is 64.2 Å². The molecule has 0 saturated heterocycles. The summed E-state index contributed by atoms with van der Waals surface area (Å²) in [6.45, 7) is 0.285. The number of carbonyl (C=O) groups excluding carboxylic acids is 2. The number of rotatable bonds is 3. The molecule has 1 aliphatic rings. The molecule has 0 aliphatic carbocycles. The van der Waals surface area contributed by atoms with Crippen LogP contribution in [0.5, 0.6) is 0 Å². The molecule has 0 fully saturated rings. The van der Waals surface area contributed by atoms with Gasteiger partial charge in [-0.3, -0.25) is 9.59 Å². The molecule has 106 valence electrons. The molecule has 2 aromatic carbocycles. The summed E-state index contributed by atoms with van der Waals surface area (Å²) in [7, 11) is 0. The van der Waals surface area contributed by atoms with Gasteiger partial charge >= 0.3 is 0 Å². The van der Waals surface area contributed by atoms with Gasteiger partial charge in [0.2, 0.25) is 0 Å². The summed E-state index contributed by atoms with van der Waals surface area (Å²) in [5.41, 5.74) is 2.62. The molecular formula is C16H12ClNO3. The number of aliphatic hydroxyl groups is 1. The molecule has 1 aliphatic heterocycles. The van der Waals surface area contributed by atoms with Crippen LogP contribution in [0.1, 0.15) is 21.5 Å². The lowest BCUT2D eigenvalue weighted by Gasteiger charge is -2.16. The van der Waals surface area contributed by atoms with Crippen molar-refractivity contribution in [3.8, 4) is 0 Å². The number of anilines is 1. The van der Waals surface area contributed by atoms with E-state index in [0.717, 1.165) is 11.1 Å². The van der Waals surface area contributed by atoms with Gasteiger partial charge in [-0.1, -0.05) is 35.9 Å². The van der Waals surface area contributed by atoms with Crippen molar-refractivity contribution in [3.63, 3.8) is 0 Å². The molecule has 0 unspecified atom stereocenters. The number of amides is 1. The second-order valence-electron chi connectivity index (χ2n) is 4.86. The Balaban J connectivity index is 1.92. The van der Waals surface area contributed by atoms with Gasteiger partial charge in [0, 0.05) is 5.02 Å². The fourth-order valence-corrected chi connectivity index (χ4v) is 2.53. The van der Waals surface area contributed by atoms with E-state index in [9.17, 15) is 9.59 Å². The molecule has 2 aromatic rings. The first kappa shape index (κ1) is 13.8. The van der Waals surface area contributed by atoms with Crippen LogP contribution >= 0.6 is 11.6 Å². The van der Waals surface area contributed by atoms with Crippen molar-refractivity contribution in [2.24, 2.45) is 0 Å². The van der Waals surface area contributed by atoms with E-state index < -0.39 is 11.7 Å². The van der Waals surface area contributed by atoms with Crippen molar-refractivity contribution in [2.45, 2.75) is 13.2 Å². The van der Waals surface area contributed by atoms with Crippen LogP contribution in [0.3, 0.4) is 0 Å². The minimum absolute atomic E-state index is 0.0251. The topological polar surface area (TPSA) is 57.6 Å². The van der Waals surface area contributed by atoms with Gasteiger partial charge in [-0.15, -0.1) is 0 Å². The molecule has 1 amide bonds. The van der Waals surface area contributed by atoms with E-state index in [2.05, 4.69) is 0 Å². The largest absolute Gasteiger partial charge is 0.392 e. The molecule has 3 rings (SSSR count). The first-order valence-corrected chi connectivity index (χ1v) is 6.82. The number of fused-ring (bicyclic) bond motifs is 1. The van der Waals surface area contributed by atoms with E-state index in [1.165, 1.54) is 11.0 Å². The van der Waals surface area contributed by atoms with Crippen molar-refractivity contribution in [1.82, 2.24) is 0 Å². The number of benzene rings is 2. The second kappa shape index (κ2) is 5.31. The Labute approximate surface area is 126 Å². The monoisotopic (exact) mass is 301 g/mol. The molecule has 0 aromatic heterocycles. The molecule has 0 bridgehead atoms. The van der Waals surface area contributed by atoms with Crippen LogP contribution in [0.4, 0.5) is 5.69 Å². The van der Waals surface area contributed by atoms with Crippen LogP contribution in [0.2, 0.25) is 5.02 Å². The summed E-state index contributed by atoms with van der Waals surface area (Å²) in [6.07, 6.45) is 0. The molecule has 0 spiro atoms. The van der Waals surface area contributed by atoms with Gasteiger partial charge in [0.15, 0.2) is 0 Å². The normalized spacial score (nSPS) is 13.7. The molecular weight excluding hydrogens is 290 g/mol. The van der Waals surface area contributed by atoms with Gasteiger partial charge in [0.05, 0.1) is 24.4 Å². The van der Waals surface area contributed by atoms with E-state index in [0.29, 0.717) is 22.8 Å². The van der Waals surface area contributed by atoms with Crippen LogP contribution < -0.4 is 4.90 Å². The highest BCUT2D eigenvalue weighted by atomic mass is 35.5. The summed E-state index contributed by atoms with van der Waals surface area (Å²) >= 11 is 5.87. The highest BCUT2D eigenvalue weighted by molar-refractivity contribution is 6.52. The van der Waals surface area contributed by atoms with Crippen LogP contribution in [-0.4, -0.2) is 16.8 Å². The fourth-order valence-electron chi connectivity index (χ4n) is 2.36. The van der Waals surface area contributed by atoms with Gasteiger partial charge in [-0.05, 0) is 29.3 Å². The lowest BCUT2D eigenvalue weighted by Crippen LogP contribution is -2.29. The predicted molar refractivity (Wildman–Crippen MR) is 79.3 cm³/mol. The van der Waals surface area contributed by atoms with E-state index >= 15 is 0 Å². The summed E-state index contributed by atoms with van der Waals surface area (Å²) in [6, 6.07) is 12.1. The molecule has 0 saturated carbocycles. The Hall–Kier alpha value is -2.17. The van der Waals surface area contributed by atoms with E-state index in [-0.39, 0.29) is 6.61 Å². The number of nitrogens with zero attached hydrogens (tertiary/aromatic N) is 1. The number of halogens is 1. The minimum Gasteiger partial charge on any atom is -0.392 e. The summed E-state index contributed by atoms with van der Waals surface area (Å²) in [5.74, 6) is -1.07. The van der Waals surface area contributed by atoms with Crippen LogP contribution in [0.15, 0.2) is 42.5 Å².